The summed E-state index contributed by atoms with van der Waals surface area (Å²) in [5.74, 6) is 1.63. The van der Waals surface area contributed by atoms with E-state index in [9.17, 15) is 0 Å². The second-order valence-corrected chi connectivity index (χ2v) is 14.6. The maximum Gasteiger partial charge on any atom is 0.171 e. The average Bonchev–Trinajstić information content (AvgIpc) is 3.28. The van der Waals surface area contributed by atoms with Crippen LogP contribution in [0.1, 0.15) is 41.5 Å². The van der Waals surface area contributed by atoms with Crippen LogP contribution < -0.4 is 5.32 Å². The zero-order valence-electron chi connectivity index (χ0n) is 18.2. The number of nitrogens with one attached hydrogen (secondary N) is 2. The van der Waals surface area contributed by atoms with E-state index >= 15 is 0 Å². The Morgan fingerprint density at radius 3 is 2.07 bits per heavy atom. The van der Waals surface area contributed by atoms with Gasteiger partial charge in [-0.2, -0.15) is 0 Å². The maximum absolute atomic E-state index is 5.05. The minimum atomic E-state index is -1.85. The molecule has 4 aromatic heterocycles. The smallest absolute Gasteiger partial charge is 0.171 e. The normalized spacial score (nSPS) is 12.7. The molecule has 0 fully saturated rings. The Bertz CT molecular complexity index is 1120. The Kier molecular flexibility index (Phi) is 4.98. The number of anilines is 2. The Morgan fingerprint density at radius 2 is 1.41 bits per heavy atom. The van der Waals surface area contributed by atoms with Gasteiger partial charge in [0.1, 0.15) is 22.9 Å². The van der Waals surface area contributed by atoms with Crippen LogP contribution in [0.4, 0.5) is 11.6 Å². The van der Waals surface area contributed by atoms with E-state index in [1.54, 1.807) is 0 Å². The van der Waals surface area contributed by atoms with Crippen LogP contribution in [-0.2, 0) is 0 Å². The van der Waals surface area contributed by atoms with Gasteiger partial charge in [-0.1, -0.05) is 41.5 Å². The van der Waals surface area contributed by atoms with Crippen molar-refractivity contribution in [2.24, 2.45) is 0 Å². The molecule has 6 heteroatoms. The molecule has 29 heavy (non-hydrogen) atoms. The van der Waals surface area contributed by atoms with E-state index in [0.29, 0.717) is 16.6 Å². The highest BCUT2D eigenvalue weighted by Crippen LogP contribution is 2.44. The summed E-state index contributed by atoms with van der Waals surface area (Å²) in [4.78, 5) is 12.9. The first-order chi connectivity index (χ1) is 13.8. The molecule has 4 heterocycles. The number of fused-ring (bicyclic) bond motifs is 2. The van der Waals surface area contributed by atoms with Crippen molar-refractivity contribution in [3.63, 3.8) is 0 Å². The van der Waals surface area contributed by atoms with Gasteiger partial charge in [0.15, 0.2) is 8.24 Å². The minimum absolute atomic E-state index is 0.619. The Morgan fingerprint density at radius 1 is 0.793 bits per heavy atom. The first-order valence-electron chi connectivity index (χ1n) is 10.5. The molecule has 0 bridgehead atoms. The number of aromatic amines is 1. The van der Waals surface area contributed by atoms with E-state index < -0.39 is 8.24 Å². The van der Waals surface area contributed by atoms with Crippen LogP contribution in [0.15, 0.2) is 48.8 Å². The molecule has 152 valence electrons. The Balaban J connectivity index is 1.79. The summed E-state index contributed by atoms with van der Waals surface area (Å²) in [5.41, 5.74) is 3.82. The average molecular weight is 406 g/mol. The van der Waals surface area contributed by atoms with Gasteiger partial charge in [-0.15, -0.1) is 0 Å². The molecule has 5 nitrogen and oxygen atoms in total. The van der Waals surface area contributed by atoms with Gasteiger partial charge in [-0.3, -0.25) is 0 Å². The van der Waals surface area contributed by atoms with E-state index in [0.717, 1.165) is 28.3 Å². The number of nitrogens with zero attached hydrogens (tertiary/aromatic N) is 3. The molecule has 0 amide bonds. The first-order valence-corrected chi connectivity index (χ1v) is 12.7. The van der Waals surface area contributed by atoms with Crippen LogP contribution in [0.25, 0.3) is 22.1 Å². The highest BCUT2D eigenvalue weighted by atomic mass is 28.3. The molecular weight excluding hydrogens is 374 g/mol. The predicted molar refractivity (Wildman–Crippen MR) is 126 cm³/mol. The van der Waals surface area contributed by atoms with E-state index in [2.05, 4.69) is 85.5 Å². The molecule has 4 rings (SSSR count). The molecule has 0 aliphatic rings. The molecule has 0 aromatic carbocycles. The maximum atomic E-state index is 5.05. The van der Waals surface area contributed by atoms with E-state index in [1.165, 1.54) is 5.39 Å². The Labute approximate surface area is 173 Å². The lowest BCUT2D eigenvalue weighted by molar-refractivity contribution is 0.770. The van der Waals surface area contributed by atoms with E-state index in [1.807, 2.05) is 24.4 Å². The summed E-state index contributed by atoms with van der Waals surface area (Å²) >= 11 is 0. The quantitative estimate of drug-likeness (QED) is 0.352. The summed E-state index contributed by atoms with van der Waals surface area (Å²) in [6.07, 6.45) is 4.18. The molecule has 0 aliphatic carbocycles. The molecular formula is C23H31N5Si. The van der Waals surface area contributed by atoms with Crippen LogP contribution in [0, 0.1) is 0 Å². The van der Waals surface area contributed by atoms with Gasteiger partial charge < -0.3 is 14.5 Å². The van der Waals surface area contributed by atoms with Gasteiger partial charge >= 0.3 is 0 Å². The largest absolute Gasteiger partial charge is 0.358 e. The van der Waals surface area contributed by atoms with Gasteiger partial charge in [0, 0.05) is 17.0 Å². The zero-order valence-corrected chi connectivity index (χ0v) is 19.2. The second-order valence-electron chi connectivity index (χ2n) is 8.88. The van der Waals surface area contributed by atoms with Crippen LogP contribution in [0.2, 0.25) is 16.6 Å². The van der Waals surface area contributed by atoms with Crippen LogP contribution >= 0.6 is 0 Å². The van der Waals surface area contributed by atoms with Crippen molar-refractivity contribution in [2.45, 2.75) is 58.2 Å². The van der Waals surface area contributed by atoms with Crippen molar-refractivity contribution in [1.82, 2.24) is 19.2 Å². The van der Waals surface area contributed by atoms with Crippen molar-refractivity contribution in [1.29, 1.82) is 0 Å². The first kappa shape index (κ1) is 19.7. The number of hydrogen-bond donors (Lipinski definition) is 2. The van der Waals surface area contributed by atoms with Crippen molar-refractivity contribution >= 4 is 41.9 Å². The number of H-pyrrole nitrogens is 1. The van der Waals surface area contributed by atoms with Crippen molar-refractivity contribution < 1.29 is 0 Å². The molecule has 0 radical (unpaired) electrons. The standard InChI is InChI=1S/C23H31N5Si/c1-15(2)29(16(3)4,17(5)6)28-14-12-19-8-10-21(27-23(19)28)25-20-9-7-18-11-13-24-22(18)26-20/h7-17H,1-6H3,(H2,24,25,26,27). The zero-order chi connectivity index (χ0) is 20.8. The number of hydrogen-bond acceptors (Lipinski definition) is 3. The number of pyridine rings is 2. The number of aromatic nitrogens is 4. The molecule has 0 unspecified atom stereocenters. The third kappa shape index (κ3) is 3.15. The molecule has 0 saturated carbocycles. The van der Waals surface area contributed by atoms with Crippen LogP contribution in [-0.4, -0.2) is 27.4 Å². The van der Waals surface area contributed by atoms with Gasteiger partial charge in [0.25, 0.3) is 0 Å². The monoisotopic (exact) mass is 405 g/mol. The van der Waals surface area contributed by atoms with E-state index in [4.69, 9.17) is 4.98 Å². The van der Waals surface area contributed by atoms with Gasteiger partial charge in [-0.05, 0) is 59.2 Å². The van der Waals surface area contributed by atoms with Gasteiger partial charge in [-0.25, -0.2) is 9.97 Å². The van der Waals surface area contributed by atoms with Crippen LogP contribution in [0.5, 0.6) is 0 Å². The summed E-state index contributed by atoms with van der Waals surface area (Å²) in [6.45, 7) is 14.3. The predicted octanol–water partition coefficient (Wildman–Crippen LogP) is 6.68. The summed E-state index contributed by atoms with van der Waals surface area (Å²) in [5, 5.41) is 5.70. The van der Waals surface area contributed by atoms with Crippen LogP contribution in [0.3, 0.4) is 0 Å². The molecule has 2 N–H and O–H groups in total. The molecule has 0 saturated heterocycles. The Hall–Kier alpha value is -2.60. The topological polar surface area (TPSA) is 58.5 Å². The third-order valence-corrected chi connectivity index (χ3v) is 13.1. The SMILES string of the molecule is CC(C)[Si](C(C)C)(C(C)C)n1ccc2ccc(Nc3ccc4cc[nH]c4n3)nc21. The summed E-state index contributed by atoms with van der Waals surface area (Å²) < 4.78 is 2.55. The molecule has 0 aliphatic heterocycles. The lowest BCUT2D eigenvalue weighted by Gasteiger charge is -2.44. The second kappa shape index (κ2) is 7.33. The van der Waals surface area contributed by atoms with Gasteiger partial charge in [0.05, 0.1) is 0 Å². The molecule has 4 aromatic rings. The molecule has 0 atom stereocenters. The molecule has 0 spiro atoms. The minimum Gasteiger partial charge on any atom is -0.358 e. The fraction of sp³-hybridized carbons (Fsp3) is 0.391. The van der Waals surface area contributed by atoms with Crippen molar-refractivity contribution in [3.05, 3.63) is 48.8 Å². The van der Waals surface area contributed by atoms with E-state index in [-0.39, 0.29) is 0 Å². The fourth-order valence-corrected chi connectivity index (χ4v) is 11.9. The van der Waals surface area contributed by atoms with Gasteiger partial charge in [0.2, 0.25) is 0 Å². The van der Waals surface area contributed by atoms with Crippen molar-refractivity contribution in [3.8, 4) is 0 Å². The lowest BCUT2D eigenvalue weighted by atomic mass is 10.3. The highest BCUT2D eigenvalue weighted by Gasteiger charge is 2.45. The lowest BCUT2D eigenvalue weighted by Crippen LogP contribution is -2.51. The summed E-state index contributed by atoms with van der Waals surface area (Å²) in [6, 6.07) is 12.5. The highest BCUT2D eigenvalue weighted by molar-refractivity contribution is 6.82. The fourth-order valence-electron chi connectivity index (χ4n) is 5.36. The third-order valence-electron chi connectivity index (χ3n) is 6.39. The number of rotatable bonds is 6. The van der Waals surface area contributed by atoms with Crippen molar-refractivity contribution in [2.75, 3.05) is 5.32 Å². The summed E-state index contributed by atoms with van der Waals surface area (Å²) in [7, 11) is -1.85.